The number of hydrogen-bond donors (Lipinski definition) is 0. The number of ether oxygens (including phenoxy) is 3. The van der Waals surface area contributed by atoms with Gasteiger partial charge in [-0.05, 0) is 6.07 Å². The van der Waals surface area contributed by atoms with Crippen LogP contribution in [-0.4, -0.2) is 25.2 Å². The second kappa shape index (κ2) is 5.71. The average Bonchev–Trinajstić information content (AvgIpc) is 2.34. The zero-order valence-corrected chi connectivity index (χ0v) is 9.76. The van der Waals surface area contributed by atoms with Gasteiger partial charge < -0.3 is 14.2 Å². The van der Waals surface area contributed by atoms with E-state index in [9.17, 15) is 14.9 Å². The van der Waals surface area contributed by atoms with E-state index in [0.717, 1.165) is 0 Å². The number of rotatable bonds is 5. The molecule has 0 aliphatic heterocycles. The molecular weight excluding hydrogens is 244 g/mol. The van der Waals surface area contributed by atoms with Crippen LogP contribution in [0.1, 0.15) is 5.56 Å². The van der Waals surface area contributed by atoms with Crippen molar-refractivity contribution >= 4 is 11.8 Å². The van der Waals surface area contributed by atoms with Crippen LogP contribution < -0.4 is 15.2 Å². The quantitative estimate of drug-likeness (QED) is 0.582. The number of carbonyl (C=O) groups excluding carboxylic acids is 1. The maximum atomic E-state index is 10.9. The molecule has 0 aliphatic carbocycles. The Hall–Kier alpha value is -2.51. The molecule has 0 fully saturated rings. The molecule has 0 bridgehead atoms. The van der Waals surface area contributed by atoms with Gasteiger partial charge in [-0.2, -0.15) is 0 Å². The molecule has 0 aliphatic rings. The van der Waals surface area contributed by atoms with Crippen LogP contribution in [0.15, 0.2) is 12.1 Å². The van der Waals surface area contributed by atoms with E-state index in [1.54, 1.807) is 0 Å². The van der Waals surface area contributed by atoms with E-state index in [0.29, 0.717) is 0 Å². The highest BCUT2D eigenvalue weighted by Crippen LogP contribution is 2.34. The molecule has 18 heavy (non-hydrogen) atoms. The molecule has 0 saturated heterocycles. The molecule has 0 saturated carbocycles. The van der Waals surface area contributed by atoms with E-state index in [4.69, 9.17) is 15.2 Å². The summed E-state index contributed by atoms with van der Waals surface area (Å²) in [6.07, 6.45) is -1.26. The Balaban J connectivity index is 3.20. The number of nitrogens with zero attached hydrogens (tertiary/aromatic N) is 1. The standard InChI is InChI=1S/C10H11N2O6/c1-16-8-3-6(5-18-10(11)13)7(12(14)15)4-9(8)17-2/h3-4,11H,5H2,1-2H3. The van der Waals surface area contributed by atoms with Crippen molar-refractivity contribution in [1.29, 1.82) is 0 Å². The Morgan fingerprint density at radius 3 is 2.33 bits per heavy atom. The van der Waals surface area contributed by atoms with Crippen LogP contribution >= 0.6 is 0 Å². The van der Waals surface area contributed by atoms with Gasteiger partial charge in [0.15, 0.2) is 11.5 Å². The minimum absolute atomic E-state index is 0.123. The molecule has 1 rings (SSSR count). The molecule has 1 aromatic carbocycles. The van der Waals surface area contributed by atoms with Gasteiger partial charge in [0.2, 0.25) is 0 Å². The lowest BCUT2D eigenvalue weighted by Crippen LogP contribution is -2.05. The Bertz CT molecular complexity index is 474. The molecule has 8 nitrogen and oxygen atoms in total. The van der Waals surface area contributed by atoms with Crippen molar-refractivity contribution in [2.75, 3.05) is 14.2 Å². The number of benzene rings is 1. The van der Waals surface area contributed by atoms with E-state index in [1.807, 2.05) is 0 Å². The predicted octanol–water partition coefficient (Wildman–Crippen LogP) is 1.53. The van der Waals surface area contributed by atoms with Crippen LogP contribution in [0.3, 0.4) is 0 Å². The first-order chi connectivity index (χ1) is 8.49. The molecule has 0 unspecified atom stereocenters. The third kappa shape index (κ3) is 3.00. The van der Waals surface area contributed by atoms with Gasteiger partial charge in [-0.1, -0.05) is 0 Å². The van der Waals surface area contributed by atoms with Crippen LogP contribution in [0.25, 0.3) is 0 Å². The number of methoxy groups -OCH3 is 2. The Labute approximate surface area is 102 Å². The zero-order valence-electron chi connectivity index (χ0n) is 9.76. The van der Waals surface area contributed by atoms with Crippen molar-refractivity contribution in [1.82, 2.24) is 5.73 Å². The van der Waals surface area contributed by atoms with Crippen molar-refractivity contribution in [3.8, 4) is 11.5 Å². The van der Waals surface area contributed by atoms with Gasteiger partial charge in [0.1, 0.15) is 6.61 Å². The van der Waals surface area contributed by atoms with Crippen LogP contribution in [0.5, 0.6) is 11.5 Å². The van der Waals surface area contributed by atoms with Crippen LogP contribution in [0.2, 0.25) is 0 Å². The van der Waals surface area contributed by atoms with Crippen molar-refractivity contribution in [3.63, 3.8) is 0 Å². The monoisotopic (exact) mass is 255 g/mol. The second-order valence-corrected chi connectivity index (χ2v) is 3.17. The fraction of sp³-hybridized carbons (Fsp3) is 0.300. The number of nitro benzene ring substituents is 1. The fourth-order valence-electron chi connectivity index (χ4n) is 1.34. The molecular formula is C10H11N2O6. The minimum Gasteiger partial charge on any atom is -0.493 e. The smallest absolute Gasteiger partial charge is 0.426 e. The number of carbonyl (C=O) groups is 1. The third-order valence-corrected chi connectivity index (χ3v) is 2.14. The summed E-state index contributed by atoms with van der Waals surface area (Å²) in [6, 6.07) is 2.51. The predicted molar refractivity (Wildman–Crippen MR) is 59.5 cm³/mol. The molecule has 1 radical (unpaired) electrons. The van der Waals surface area contributed by atoms with Gasteiger partial charge in [0.05, 0.1) is 30.8 Å². The summed E-state index contributed by atoms with van der Waals surface area (Å²) in [7, 11) is 2.73. The van der Waals surface area contributed by atoms with Gasteiger partial charge in [0, 0.05) is 0 Å². The Morgan fingerprint density at radius 1 is 1.33 bits per heavy atom. The lowest BCUT2D eigenvalue weighted by atomic mass is 10.1. The van der Waals surface area contributed by atoms with Crippen molar-refractivity contribution in [3.05, 3.63) is 27.8 Å². The zero-order chi connectivity index (χ0) is 13.7. The molecule has 97 valence electrons. The summed E-state index contributed by atoms with van der Waals surface area (Å²) in [5, 5.41) is 10.9. The Morgan fingerprint density at radius 2 is 1.89 bits per heavy atom. The lowest BCUT2D eigenvalue weighted by Gasteiger charge is -2.10. The van der Waals surface area contributed by atoms with E-state index in [1.165, 1.54) is 26.4 Å². The number of amides is 1. The topological polar surface area (TPSA) is 112 Å². The molecule has 0 heterocycles. The summed E-state index contributed by atoms with van der Waals surface area (Å²) in [6.45, 7) is -0.376. The molecule has 0 aromatic heterocycles. The number of hydrogen-bond acceptors (Lipinski definition) is 6. The van der Waals surface area contributed by atoms with Crippen molar-refractivity contribution in [2.45, 2.75) is 6.61 Å². The Kier molecular flexibility index (Phi) is 4.30. The van der Waals surface area contributed by atoms with Crippen molar-refractivity contribution < 1.29 is 23.9 Å². The minimum atomic E-state index is -1.26. The summed E-state index contributed by atoms with van der Waals surface area (Å²) in [5.74, 6) is 0.476. The van der Waals surface area contributed by atoms with Gasteiger partial charge in [-0.3, -0.25) is 10.1 Å². The maximum Gasteiger partial charge on any atom is 0.426 e. The highest BCUT2D eigenvalue weighted by atomic mass is 16.6. The van der Waals surface area contributed by atoms with Gasteiger partial charge >= 0.3 is 6.09 Å². The first-order valence-electron chi connectivity index (χ1n) is 4.77. The molecule has 1 N–H and O–H groups in total. The fourth-order valence-corrected chi connectivity index (χ4v) is 1.34. The summed E-state index contributed by atoms with van der Waals surface area (Å²) < 4.78 is 14.3. The maximum absolute atomic E-state index is 10.9. The lowest BCUT2D eigenvalue weighted by molar-refractivity contribution is -0.385. The van der Waals surface area contributed by atoms with Crippen molar-refractivity contribution in [2.24, 2.45) is 0 Å². The SMILES string of the molecule is COc1cc(COC([NH])=O)c([N+](=O)[O-])cc1OC. The van der Waals surface area contributed by atoms with Gasteiger partial charge in [-0.15, -0.1) is 0 Å². The largest absolute Gasteiger partial charge is 0.493 e. The number of nitro groups is 1. The summed E-state index contributed by atoms with van der Waals surface area (Å²) in [4.78, 5) is 20.6. The van der Waals surface area contributed by atoms with E-state index in [-0.39, 0.29) is 29.4 Å². The first-order valence-corrected chi connectivity index (χ1v) is 4.77. The second-order valence-electron chi connectivity index (χ2n) is 3.17. The average molecular weight is 255 g/mol. The molecule has 0 atom stereocenters. The number of nitrogens with one attached hydrogen (secondary N) is 1. The summed E-state index contributed by atoms with van der Waals surface area (Å²) >= 11 is 0. The van der Waals surface area contributed by atoms with Gasteiger partial charge in [-0.25, -0.2) is 10.5 Å². The normalized spacial score (nSPS) is 9.67. The van der Waals surface area contributed by atoms with E-state index < -0.39 is 11.0 Å². The highest BCUT2D eigenvalue weighted by molar-refractivity contribution is 5.64. The molecule has 0 spiro atoms. The highest BCUT2D eigenvalue weighted by Gasteiger charge is 2.20. The molecule has 8 heteroatoms. The van der Waals surface area contributed by atoms with E-state index in [2.05, 4.69) is 4.74 Å². The van der Waals surface area contributed by atoms with Crippen LogP contribution in [0.4, 0.5) is 10.5 Å². The van der Waals surface area contributed by atoms with E-state index >= 15 is 0 Å². The molecule has 1 amide bonds. The molecule has 1 aromatic rings. The van der Waals surface area contributed by atoms with Crippen LogP contribution in [0, 0.1) is 10.1 Å². The van der Waals surface area contributed by atoms with Gasteiger partial charge in [0.25, 0.3) is 5.69 Å². The first kappa shape index (κ1) is 13.6. The van der Waals surface area contributed by atoms with Crippen LogP contribution in [-0.2, 0) is 11.3 Å². The summed E-state index contributed by atoms with van der Waals surface area (Å²) in [5.41, 5.74) is 6.45. The third-order valence-electron chi connectivity index (χ3n) is 2.14.